The van der Waals surface area contributed by atoms with Gasteiger partial charge in [-0.05, 0) is 31.2 Å². The molecule has 0 aliphatic carbocycles. The first-order chi connectivity index (χ1) is 10.4. The number of carbonyl (C=O) groups is 3. The first-order valence-electron chi connectivity index (χ1n) is 6.47. The Morgan fingerprint density at radius 2 is 2.00 bits per heavy atom. The van der Waals surface area contributed by atoms with Crippen LogP contribution in [0, 0.1) is 11.7 Å². The Kier molecular flexibility index (Phi) is 2.98. The van der Waals surface area contributed by atoms with Gasteiger partial charge in [0.25, 0.3) is 5.91 Å². The van der Waals surface area contributed by atoms with Crippen molar-refractivity contribution in [3.63, 3.8) is 0 Å². The smallest absolute Gasteiger partial charge is 0.355 e. The topological polar surface area (TPSA) is 88.1 Å². The summed E-state index contributed by atoms with van der Waals surface area (Å²) in [5.41, 5.74) is 1.29. The molecule has 2 amide bonds. The van der Waals surface area contributed by atoms with E-state index in [4.69, 9.17) is 0 Å². The molecule has 1 aromatic carbocycles. The third-order valence-electron chi connectivity index (χ3n) is 3.85. The van der Waals surface area contributed by atoms with Gasteiger partial charge in [-0.2, -0.15) is 5.10 Å². The third-order valence-corrected chi connectivity index (χ3v) is 3.85. The third kappa shape index (κ3) is 1.73. The second-order valence-corrected chi connectivity index (χ2v) is 5.19. The minimum absolute atomic E-state index is 0.145. The fourth-order valence-electron chi connectivity index (χ4n) is 2.68. The molecular weight excluding hydrogens is 293 g/mol. The highest BCUT2D eigenvalue weighted by atomic mass is 19.1. The molecule has 7 nitrogen and oxygen atoms in total. The van der Waals surface area contributed by atoms with Crippen molar-refractivity contribution in [1.29, 1.82) is 0 Å². The standard InChI is InChI=1S/C14H12FN3O4/c1-14-9(10(16-17-14)12(20)22-2)11(19)18(13(14)21)8-5-3-7(15)4-6-8/h3-6,9,17H,1-2H3/t9-,14+/m1/s1. The van der Waals surface area contributed by atoms with Crippen molar-refractivity contribution in [2.45, 2.75) is 12.5 Å². The summed E-state index contributed by atoms with van der Waals surface area (Å²) in [6.45, 7) is 1.49. The molecule has 0 saturated carbocycles. The number of hydrogen-bond donors (Lipinski definition) is 1. The van der Waals surface area contributed by atoms with Gasteiger partial charge < -0.3 is 4.74 Å². The summed E-state index contributed by atoms with van der Waals surface area (Å²) in [7, 11) is 1.17. The molecule has 8 heteroatoms. The second kappa shape index (κ2) is 4.62. The SMILES string of the molecule is COC(=O)C1=NN[C@]2(C)C(=O)N(c3ccc(F)cc3)C(=O)[C@@H]12. The monoisotopic (exact) mass is 305 g/mol. The van der Waals surface area contributed by atoms with Crippen LogP contribution in [0.5, 0.6) is 0 Å². The molecule has 1 fully saturated rings. The lowest BCUT2D eigenvalue weighted by molar-refractivity contribution is -0.133. The Labute approximate surface area is 124 Å². The van der Waals surface area contributed by atoms with Crippen molar-refractivity contribution in [3.05, 3.63) is 30.1 Å². The number of amides is 2. The van der Waals surface area contributed by atoms with Gasteiger partial charge in [-0.1, -0.05) is 0 Å². The van der Waals surface area contributed by atoms with E-state index in [1.807, 2.05) is 0 Å². The van der Waals surface area contributed by atoms with Crippen molar-refractivity contribution in [1.82, 2.24) is 5.43 Å². The molecule has 0 unspecified atom stereocenters. The molecule has 0 aromatic heterocycles. The Morgan fingerprint density at radius 1 is 1.36 bits per heavy atom. The number of esters is 1. The number of nitrogens with one attached hydrogen (secondary N) is 1. The first-order valence-corrected chi connectivity index (χ1v) is 6.47. The van der Waals surface area contributed by atoms with Crippen molar-refractivity contribution in [3.8, 4) is 0 Å². The maximum absolute atomic E-state index is 13.0. The van der Waals surface area contributed by atoms with Gasteiger partial charge in [-0.3, -0.25) is 15.0 Å². The van der Waals surface area contributed by atoms with Gasteiger partial charge in [0.2, 0.25) is 5.91 Å². The van der Waals surface area contributed by atoms with Crippen LogP contribution in [0.25, 0.3) is 0 Å². The normalized spacial score (nSPS) is 26.6. The van der Waals surface area contributed by atoms with Crippen LogP contribution < -0.4 is 10.3 Å². The number of nitrogens with zero attached hydrogens (tertiary/aromatic N) is 2. The highest BCUT2D eigenvalue weighted by Gasteiger charge is 2.63. The zero-order valence-corrected chi connectivity index (χ0v) is 11.8. The van der Waals surface area contributed by atoms with E-state index in [0.717, 1.165) is 17.0 Å². The molecule has 0 radical (unpaired) electrons. The number of hydrazone groups is 1. The number of halogens is 1. The van der Waals surface area contributed by atoms with Crippen LogP contribution in [0.2, 0.25) is 0 Å². The summed E-state index contributed by atoms with van der Waals surface area (Å²) < 4.78 is 17.6. The van der Waals surface area contributed by atoms with Gasteiger partial charge in [0.15, 0.2) is 5.71 Å². The van der Waals surface area contributed by atoms with E-state index < -0.39 is 35.1 Å². The molecule has 2 heterocycles. The fourth-order valence-corrected chi connectivity index (χ4v) is 2.68. The second-order valence-electron chi connectivity index (χ2n) is 5.19. The van der Waals surface area contributed by atoms with Gasteiger partial charge in [-0.25, -0.2) is 14.1 Å². The van der Waals surface area contributed by atoms with E-state index in [2.05, 4.69) is 15.3 Å². The Morgan fingerprint density at radius 3 is 2.59 bits per heavy atom. The minimum Gasteiger partial charge on any atom is -0.464 e. The quantitative estimate of drug-likeness (QED) is 0.623. The van der Waals surface area contributed by atoms with Crippen molar-refractivity contribution in [2.75, 3.05) is 12.0 Å². The van der Waals surface area contributed by atoms with E-state index in [9.17, 15) is 18.8 Å². The molecule has 22 heavy (non-hydrogen) atoms. The predicted octanol–water partition coefficient (Wildman–Crippen LogP) is 0.206. The maximum atomic E-state index is 13.0. The van der Waals surface area contributed by atoms with Gasteiger partial charge >= 0.3 is 5.97 Å². The number of hydrogen-bond acceptors (Lipinski definition) is 6. The number of ether oxygens (including phenoxy) is 1. The van der Waals surface area contributed by atoms with Gasteiger partial charge in [0.1, 0.15) is 17.3 Å². The van der Waals surface area contributed by atoms with Crippen LogP contribution >= 0.6 is 0 Å². The zero-order valence-electron chi connectivity index (χ0n) is 11.8. The zero-order chi connectivity index (χ0) is 16.1. The molecule has 2 aliphatic rings. The van der Waals surface area contributed by atoms with E-state index >= 15 is 0 Å². The summed E-state index contributed by atoms with van der Waals surface area (Å²) in [6, 6.07) is 4.94. The lowest BCUT2D eigenvalue weighted by atomic mass is 9.86. The van der Waals surface area contributed by atoms with Crippen LogP contribution in [0.15, 0.2) is 29.4 Å². The number of rotatable bonds is 2. The molecule has 0 bridgehead atoms. The summed E-state index contributed by atoms with van der Waals surface area (Å²) in [5, 5.41) is 3.77. The van der Waals surface area contributed by atoms with E-state index in [-0.39, 0.29) is 11.4 Å². The van der Waals surface area contributed by atoms with Crippen molar-refractivity contribution in [2.24, 2.45) is 11.0 Å². The summed E-state index contributed by atoms with van der Waals surface area (Å²) in [5.74, 6) is -3.49. The van der Waals surface area contributed by atoms with Crippen LogP contribution in [0.1, 0.15) is 6.92 Å². The largest absolute Gasteiger partial charge is 0.464 e. The minimum atomic E-state index is -1.35. The van der Waals surface area contributed by atoms with E-state index in [0.29, 0.717) is 0 Å². The Balaban J connectivity index is 2.03. The molecule has 0 spiro atoms. The Bertz CT molecular complexity index is 715. The number of methoxy groups -OCH3 is 1. The van der Waals surface area contributed by atoms with Crippen LogP contribution in [0.3, 0.4) is 0 Å². The molecule has 1 N–H and O–H groups in total. The molecule has 2 aliphatic heterocycles. The fraction of sp³-hybridized carbons (Fsp3) is 0.286. The van der Waals surface area contributed by atoms with Crippen LogP contribution in [0.4, 0.5) is 10.1 Å². The van der Waals surface area contributed by atoms with Gasteiger partial charge in [-0.15, -0.1) is 0 Å². The molecule has 1 aromatic rings. The molecule has 114 valence electrons. The summed E-state index contributed by atoms with van der Waals surface area (Å²) in [6.07, 6.45) is 0. The highest BCUT2D eigenvalue weighted by molar-refractivity contribution is 6.47. The van der Waals surface area contributed by atoms with Gasteiger partial charge in [0.05, 0.1) is 12.8 Å². The lowest BCUT2D eigenvalue weighted by Crippen LogP contribution is -2.48. The first kappa shape index (κ1) is 14.2. The summed E-state index contributed by atoms with van der Waals surface area (Å²) in [4.78, 5) is 37.8. The average Bonchev–Trinajstić information content (AvgIpc) is 2.95. The summed E-state index contributed by atoms with van der Waals surface area (Å²) >= 11 is 0. The Hall–Kier alpha value is -2.77. The molecule has 3 rings (SSSR count). The van der Waals surface area contributed by atoms with Crippen LogP contribution in [-0.2, 0) is 19.1 Å². The highest BCUT2D eigenvalue weighted by Crippen LogP contribution is 2.37. The van der Waals surface area contributed by atoms with Crippen LogP contribution in [-0.4, -0.2) is 36.1 Å². The number of benzene rings is 1. The van der Waals surface area contributed by atoms with Crippen molar-refractivity contribution >= 4 is 29.2 Å². The van der Waals surface area contributed by atoms with E-state index in [1.54, 1.807) is 0 Å². The number of fused-ring (bicyclic) bond motifs is 1. The molecular formula is C14H12FN3O4. The number of carbonyl (C=O) groups excluding carboxylic acids is 3. The molecule has 2 atom stereocenters. The van der Waals surface area contributed by atoms with E-state index in [1.165, 1.54) is 26.2 Å². The number of anilines is 1. The maximum Gasteiger partial charge on any atom is 0.355 e. The lowest BCUT2D eigenvalue weighted by Gasteiger charge is -2.20. The van der Waals surface area contributed by atoms with Gasteiger partial charge in [0, 0.05) is 0 Å². The average molecular weight is 305 g/mol. The number of imide groups is 1. The molecule has 1 saturated heterocycles. The van der Waals surface area contributed by atoms with Crippen molar-refractivity contribution < 1.29 is 23.5 Å². The predicted molar refractivity (Wildman–Crippen MR) is 73.4 cm³/mol.